The Morgan fingerprint density at radius 3 is 2.52 bits per heavy atom. The van der Waals surface area contributed by atoms with Crippen molar-refractivity contribution in [3.8, 4) is 11.3 Å². The summed E-state index contributed by atoms with van der Waals surface area (Å²) in [5.41, 5.74) is 2.04. The fourth-order valence-corrected chi connectivity index (χ4v) is 3.03. The van der Waals surface area contributed by atoms with Gasteiger partial charge in [0.2, 0.25) is 0 Å². The fraction of sp³-hybridized carbons (Fsp3) is 0.375. The summed E-state index contributed by atoms with van der Waals surface area (Å²) in [6, 6.07) is 10.2. The third kappa shape index (κ3) is 4.45. The largest absolute Gasteiger partial charge is 0.369 e. The van der Waals surface area contributed by atoms with Gasteiger partial charge >= 0.3 is 0 Å². The molecule has 1 aromatic heterocycles. The van der Waals surface area contributed by atoms with Crippen LogP contribution in [0.3, 0.4) is 0 Å². The lowest BCUT2D eigenvalue weighted by Gasteiger charge is -2.13. The van der Waals surface area contributed by atoms with Crippen LogP contribution in [0.5, 0.6) is 0 Å². The van der Waals surface area contributed by atoms with Gasteiger partial charge in [-0.25, -0.2) is 9.97 Å². The zero-order chi connectivity index (χ0) is 15.2. The van der Waals surface area contributed by atoms with Gasteiger partial charge in [-0.05, 0) is 28.1 Å². The standard InChI is InChI=1S/C16H20BrN3S/c1-4-18-16-14(17)15(12-8-6-5-7-9-12)19-13(20-16)10-21-11(2)3/h5-9,11H,4,10H2,1-3H3,(H,18,19,20). The van der Waals surface area contributed by atoms with Crippen LogP contribution in [0.4, 0.5) is 5.82 Å². The zero-order valence-electron chi connectivity index (χ0n) is 12.6. The molecule has 2 aromatic rings. The SMILES string of the molecule is CCNc1nc(CSC(C)C)nc(-c2ccccc2)c1Br. The average Bonchev–Trinajstić information content (AvgIpc) is 2.49. The number of aromatic nitrogens is 2. The minimum absolute atomic E-state index is 0.569. The van der Waals surface area contributed by atoms with Gasteiger partial charge in [-0.15, -0.1) is 0 Å². The number of nitrogens with zero attached hydrogens (tertiary/aromatic N) is 2. The normalized spacial score (nSPS) is 10.9. The Morgan fingerprint density at radius 1 is 1.19 bits per heavy atom. The van der Waals surface area contributed by atoms with Gasteiger partial charge in [-0.3, -0.25) is 0 Å². The fourth-order valence-electron chi connectivity index (χ4n) is 1.87. The molecule has 0 aliphatic rings. The van der Waals surface area contributed by atoms with E-state index < -0.39 is 0 Å². The van der Waals surface area contributed by atoms with Crippen molar-refractivity contribution >= 4 is 33.5 Å². The van der Waals surface area contributed by atoms with Crippen LogP contribution in [0.25, 0.3) is 11.3 Å². The topological polar surface area (TPSA) is 37.8 Å². The van der Waals surface area contributed by atoms with Gasteiger partial charge in [0.1, 0.15) is 11.6 Å². The maximum absolute atomic E-state index is 4.74. The molecule has 0 aliphatic heterocycles. The third-order valence-corrected chi connectivity index (χ3v) is 4.68. The molecule has 0 atom stereocenters. The second kappa shape index (κ2) is 7.80. The molecule has 0 bridgehead atoms. The lowest BCUT2D eigenvalue weighted by molar-refractivity contribution is 1.01. The summed E-state index contributed by atoms with van der Waals surface area (Å²) in [6.45, 7) is 7.28. The summed E-state index contributed by atoms with van der Waals surface area (Å²) in [5.74, 6) is 2.56. The molecule has 2 rings (SSSR count). The highest BCUT2D eigenvalue weighted by Gasteiger charge is 2.13. The van der Waals surface area contributed by atoms with Crippen molar-refractivity contribution in [2.24, 2.45) is 0 Å². The number of nitrogens with one attached hydrogen (secondary N) is 1. The van der Waals surface area contributed by atoms with E-state index in [9.17, 15) is 0 Å². The summed E-state index contributed by atoms with van der Waals surface area (Å²) in [4.78, 5) is 9.37. The summed E-state index contributed by atoms with van der Waals surface area (Å²) in [6.07, 6.45) is 0. The van der Waals surface area contributed by atoms with E-state index in [1.54, 1.807) is 0 Å². The van der Waals surface area contributed by atoms with Crippen LogP contribution < -0.4 is 5.32 Å². The first kappa shape index (κ1) is 16.3. The van der Waals surface area contributed by atoms with E-state index in [2.05, 4.69) is 59.1 Å². The minimum atomic E-state index is 0.569. The lowest BCUT2D eigenvalue weighted by atomic mass is 10.1. The highest BCUT2D eigenvalue weighted by atomic mass is 79.9. The molecule has 0 saturated carbocycles. The van der Waals surface area contributed by atoms with Crippen LogP contribution in [0, 0.1) is 0 Å². The van der Waals surface area contributed by atoms with Crippen molar-refractivity contribution in [2.45, 2.75) is 31.8 Å². The number of anilines is 1. The monoisotopic (exact) mass is 365 g/mol. The van der Waals surface area contributed by atoms with Crippen LogP contribution >= 0.6 is 27.7 Å². The predicted octanol–water partition coefficient (Wildman–Crippen LogP) is 4.98. The van der Waals surface area contributed by atoms with E-state index in [1.807, 2.05) is 30.0 Å². The van der Waals surface area contributed by atoms with Gasteiger partial charge in [-0.2, -0.15) is 11.8 Å². The molecule has 112 valence electrons. The van der Waals surface area contributed by atoms with Crippen LogP contribution in [0.15, 0.2) is 34.8 Å². The molecule has 0 amide bonds. The minimum Gasteiger partial charge on any atom is -0.369 e. The molecule has 0 spiro atoms. The molecule has 5 heteroatoms. The van der Waals surface area contributed by atoms with Crippen molar-refractivity contribution in [3.63, 3.8) is 0 Å². The maximum atomic E-state index is 4.74. The summed E-state index contributed by atoms with van der Waals surface area (Å²) >= 11 is 5.49. The first-order valence-electron chi connectivity index (χ1n) is 7.09. The Labute approximate surface area is 139 Å². The number of thioether (sulfide) groups is 1. The van der Waals surface area contributed by atoms with E-state index in [0.29, 0.717) is 5.25 Å². The maximum Gasteiger partial charge on any atom is 0.144 e. The average molecular weight is 366 g/mol. The lowest BCUT2D eigenvalue weighted by Crippen LogP contribution is -2.06. The molecule has 0 unspecified atom stereocenters. The van der Waals surface area contributed by atoms with Crippen molar-refractivity contribution in [1.82, 2.24) is 9.97 Å². The van der Waals surface area contributed by atoms with E-state index in [1.165, 1.54) is 0 Å². The zero-order valence-corrected chi connectivity index (χ0v) is 15.0. The van der Waals surface area contributed by atoms with Crippen LogP contribution in [0.2, 0.25) is 0 Å². The van der Waals surface area contributed by atoms with Crippen LogP contribution in [-0.4, -0.2) is 21.8 Å². The van der Waals surface area contributed by atoms with Crippen LogP contribution in [0.1, 0.15) is 26.6 Å². The van der Waals surface area contributed by atoms with Gasteiger partial charge in [0.15, 0.2) is 0 Å². The first-order valence-corrected chi connectivity index (χ1v) is 8.93. The highest BCUT2D eigenvalue weighted by Crippen LogP contribution is 2.32. The molecule has 3 nitrogen and oxygen atoms in total. The Hall–Kier alpha value is -1.07. The van der Waals surface area contributed by atoms with Crippen molar-refractivity contribution in [2.75, 3.05) is 11.9 Å². The van der Waals surface area contributed by atoms with Gasteiger partial charge < -0.3 is 5.32 Å². The number of halogens is 1. The summed E-state index contributed by atoms with van der Waals surface area (Å²) in [5, 5.41) is 3.88. The molecule has 1 N–H and O–H groups in total. The second-order valence-electron chi connectivity index (χ2n) is 4.91. The number of rotatable bonds is 6. The highest BCUT2D eigenvalue weighted by molar-refractivity contribution is 9.10. The van der Waals surface area contributed by atoms with Gasteiger partial charge in [0.05, 0.1) is 15.9 Å². The number of benzene rings is 1. The number of hydrogen-bond donors (Lipinski definition) is 1. The first-order chi connectivity index (χ1) is 10.1. The Balaban J connectivity index is 2.42. The summed E-state index contributed by atoms with van der Waals surface area (Å²) in [7, 11) is 0. The Kier molecular flexibility index (Phi) is 6.06. The summed E-state index contributed by atoms with van der Waals surface area (Å²) < 4.78 is 0.925. The molecule has 0 radical (unpaired) electrons. The van der Waals surface area contributed by atoms with Crippen molar-refractivity contribution in [3.05, 3.63) is 40.6 Å². The predicted molar refractivity (Wildman–Crippen MR) is 95.8 cm³/mol. The van der Waals surface area contributed by atoms with Gasteiger partial charge in [0.25, 0.3) is 0 Å². The molecule has 0 aliphatic carbocycles. The van der Waals surface area contributed by atoms with E-state index in [4.69, 9.17) is 4.98 Å². The quantitative estimate of drug-likeness (QED) is 0.783. The van der Waals surface area contributed by atoms with E-state index in [0.717, 1.165) is 39.7 Å². The molecular formula is C16H20BrN3S. The van der Waals surface area contributed by atoms with Crippen molar-refractivity contribution in [1.29, 1.82) is 0 Å². The molecule has 1 heterocycles. The molecule has 0 saturated heterocycles. The Bertz CT molecular complexity index is 588. The van der Waals surface area contributed by atoms with Crippen LogP contribution in [-0.2, 0) is 5.75 Å². The second-order valence-corrected chi connectivity index (χ2v) is 7.26. The third-order valence-electron chi connectivity index (χ3n) is 2.83. The van der Waals surface area contributed by atoms with Gasteiger partial charge in [0, 0.05) is 12.1 Å². The molecule has 21 heavy (non-hydrogen) atoms. The molecular weight excluding hydrogens is 346 g/mol. The number of hydrogen-bond acceptors (Lipinski definition) is 4. The van der Waals surface area contributed by atoms with Crippen molar-refractivity contribution < 1.29 is 0 Å². The molecule has 1 aromatic carbocycles. The van der Waals surface area contributed by atoms with E-state index in [-0.39, 0.29) is 0 Å². The van der Waals surface area contributed by atoms with E-state index >= 15 is 0 Å². The molecule has 0 fully saturated rings. The van der Waals surface area contributed by atoms with Gasteiger partial charge in [-0.1, -0.05) is 44.2 Å². The smallest absolute Gasteiger partial charge is 0.144 e. The Morgan fingerprint density at radius 2 is 1.90 bits per heavy atom.